The van der Waals surface area contributed by atoms with Crippen molar-refractivity contribution >= 4 is 29.2 Å². The molecule has 0 unspecified atom stereocenters. The van der Waals surface area contributed by atoms with Crippen LogP contribution in [0.5, 0.6) is 5.75 Å². The van der Waals surface area contributed by atoms with Gasteiger partial charge in [0.15, 0.2) is 11.4 Å². The molecule has 0 aliphatic rings. The molecule has 0 saturated carbocycles. The number of nitrogens with one attached hydrogen (secondary N) is 2. The topological polar surface area (TPSA) is 196 Å². The summed E-state index contributed by atoms with van der Waals surface area (Å²) in [5.41, 5.74) is 3.67. The Labute approximate surface area is 153 Å². The molecule has 2 aromatic rings. The standard InChI is InChI=1S/C16H15N5O4.2H2O/c1-10-4-2-3-5-13(10)17-9-15(22)19-18-8-11-6-12(20-24)7-14(21-25)16(11)23;;/h2-8,17,23H,9H2,1H3,(H,19,22);2*1H2/b18-8+;;. The van der Waals surface area contributed by atoms with Gasteiger partial charge in [-0.3, -0.25) is 4.79 Å². The summed E-state index contributed by atoms with van der Waals surface area (Å²) in [6.07, 6.45) is 1.09. The number of para-hydroxylation sites is 1. The zero-order valence-corrected chi connectivity index (χ0v) is 14.3. The lowest BCUT2D eigenvalue weighted by Crippen LogP contribution is -2.26. The molecular weight excluding hydrogens is 358 g/mol. The zero-order chi connectivity index (χ0) is 18.2. The second kappa shape index (κ2) is 11.0. The maximum absolute atomic E-state index is 11.8. The number of carbonyl (C=O) groups is 1. The third-order valence-electron chi connectivity index (χ3n) is 3.29. The first kappa shape index (κ1) is 23.3. The van der Waals surface area contributed by atoms with Gasteiger partial charge in [0.25, 0.3) is 5.91 Å². The van der Waals surface area contributed by atoms with Gasteiger partial charge in [0.1, 0.15) is 5.69 Å². The average Bonchev–Trinajstić information content (AvgIpc) is 2.62. The van der Waals surface area contributed by atoms with Gasteiger partial charge in [-0.1, -0.05) is 18.2 Å². The van der Waals surface area contributed by atoms with E-state index in [0.717, 1.165) is 23.5 Å². The monoisotopic (exact) mass is 377 g/mol. The number of nitrogens with zero attached hydrogens (tertiary/aromatic N) is 3. The number of hydrogen-bond donors (Lipinski definition) is 3. The van der Waals surface area contributed by atoms with E-state index in [9.17, 15) is 19.7 Å². The highest BCUT2D eigenvalue weighted by molar-refractivity contribution is 5.89. The molecule has 1 amide bonds. The molecule has 0 bridgehead atoms. The molecule has 0 radical (unpaired) electrons. The molecule has 27 heavy (non-hydrogen) atoms. The zero-order valence-electron chi connectivity index (χ0n) is 14.3. The summed E-state index contributed by atoms with van der Waals surface area (Å²) in [6.45, 7) is 1.90. The molecule has 7 N–H and O–H groups in total. The minimum absolute atomic E-state index is 0. The van der Waals surface area contributed by atoms with Gasteiger partial charge in [0, 0.05) is 17.3 Å². The summed E-state index contributed by atoms with van der Waals surface area (Å²) in [4.78, 5) is 32.9. The normalized spacial score (nSPS) is 9.67. The van der Waals surface area contributed by atoms with Crippen LogP contribution in [0.3, 0.4) is 0 Å². The predicted molar refractivity (Wildman–Crippen MR) is 102 cm³/mol. The van der Waals surface area contributed by atoms with Crippen molar-refractivity contribution in [3.05, 3.63) is 57.3 Å². The molecule has 2 aromatic carbocycles. The molecule has 144 valence electrons. The van der Waals surface area contributed by atoms with E-state index in [1.807, 2.05) is 31.2 Å². The molecule has 0 heterocycles. The van der Waals surface area contributed by atoms with Crippen molar-refractivity contribution in [1.29, 1.82) is 0 Å². The quantitative estimate of drug-likeness (QED) is 0.372. The third-order valence-corrected chi connectivity index (χ3v) is 3.29. The van der Waals surface area contributed by atoms with Crippen LogP contribution in [0.25, 0.3) is 0 Å². The summed E-state index contributed by atoms with van der Waals surface area (Å²) in [7, 11) is 0. The fourth-order valence-corrected chi connectivity index (χ4v) is 2.01. The van der Waals surface area contributed by atoms with Crippen LogP contribution in [0.4, 0.5) is 17.1 Å². The largest absolute Gasteiger partial charge is 0.505 e. The summed E-state index contributed by atoms with van der Waals surface area (Å²) >= 11 is 0. The van der Waals surface area contributed by atoms with Crippen LogP contribution in [-0.2, 0) is 4.79 Å². The van der Waals surface area contributed by atoms with Gasteiger partial charge >= 0.3 is 0 Å². The molecule has 0 aliphatic heterocycles. The van der Waals surface area contributed by atoms with E-state index in [4.69, 9.17) is 0 Å². The predicted octanol–water partition coefficient (Wildman–Crippen LogP) is 1.41. The maximum atomic E-state index is 11.8. The van der Waals surface area contributed by atoms with Crippen molar-refractivity contribution in [3.8, 4) is 5.75 Å². The van der Waals surface area contributed by atoms with E-state index in [1.54, 1.807) is 0 Å². The van der Waals surface area contributed by atoms with Gasteiger partial charge in [-0.05, 0) is 35.0 Å². The van der Waals surface area contributed by atoms with Crippen molar-refractivity contribution in [2.24, 2.45) is 15.5 Å². The lowest BCUT2D eigenvalue weighted by atomic mass is 10.1. The van der Waals surface area contributed by atoms with Crippen molar-refractivity contribution in [1.82, 2.24) is 5.43 Å². The number of aromatic hydroxyl groups is 1. The lowest BCUT2D eigenvalue weighted by molar-refractivity contribution is -0.119. The highest BCUT2D eigenvalue weighted by Gasteiger charge is 2.10. The molecule has 0 aliphatic carbocycles. The van der Waals surface area contributed by atoms with Crippen LogP contribution in [0, 0.1) is 16.7 Å². The Morgan fingerprint density at radius 1 is 1.15 bits per heavy atom. The number of benzene rings is 2. The summed E-state index contributed by atoms with van der Waals surface area (Å²) in [5, 5.41) is 21.7. The smallest absolute Gasteiger partial charge is 0.259 e. The van der Waals surface area contributed by atoms with E-state index >= 15 is 0 Å². The number of hydrazone groups is 1. The first-order valence-corrected chi connectivity index (χ1v) is 7.20. The number of rotatable bonds is 7. The summed E-state index contributed by atoms with van der Waals surface area (Å²) < 4.78 is 0. The van der Waals surface area contributed by atoms with Crippen molar-refractivity contribution < 1.29 is 20.9 Å². The number of aryl methyl sites for hydroxylation is 1. The fourth-order valence-electron chi connectivity index (χ4n) is 2.01. The van der Waals surface area contributed by atoms with E-state index in [1.165, 1.54) is 6.07 Å². The van der Waals surface area contributed by atoms with E-state index in [0.29, 0.717) is 0 Å². The lowest BCUT2D eigenvalue weighted by Gasteiger charge is -2.08. The minimum Gasteiger partial charge on any atom is -0.505 e. The Bertz CT molecular complexity index is 840. The SMILES string of the molecule is Cc1ccccc1NCC(=O)N/N=C/c1cc(N=O)cc(N=O)c1O.O.O. The Balaban J connectivity index is 0.00000338. The summed E-state index contributed by atoms with van der Waals surface area (Å²) in [6, 6.07) is 9.74. The molecule has 0 fully saturated rings. The number of phenols is 1. The molecule has 0 spiro atoms. The van der Waals surface area contributed by atoms with Gasteiger partial charge < -0.3 is 21.4 Å². The molecule has 11 heteroatoms. The number of anilines is 1. The highest BCUT2D eigenvalue weighted by atomic mass is 16.3. The van der Waals surface area contributed by atoms with Crippen LogP contribution < -0.4 is 10.7 Å². The molecule has 11 nitrogen and oxygen atoms in total. The summed E-state index contributed by atoms with van der Waals surface area (Å²) in [5.74, 6) is -0.879. The highest BCUT2D eigenvalue weighted by Crippen LogP contribution is 2.33. The van der Waals surface area contributed by atoms with Crippen molar-refractivity contribution in [2.45, 2.75) is 6.92 Å². The van der Waals surface area contributed by atoms with Crippen molar-refractivity contribution in [2.75, 3.05) is 11.9 Å². The van der Waals surface area contributed by atoms with E-state index in [2.05, 4.69) is 26.2 Å². The Morgan fingerprint density at radius 2 is 1.85 bits per heavy atom. The molecule has 0 aromatic heterocycles. The molecule has 2 rings (SSSR count). The number of phenolic OH excluding ortho intramolecular Hbond substituents is 1. The Kier molecular flexibility index (Phi) is 9.51. The van der Waals surface area contributed by atoms with Gasteiger partial charge in [-0.2, -0.15) is 5.10 Å². The van der Waals surface area contributed by atoms with Crippen LogP contribution >= 0.6 is 0 Å². The van der Waals surface area contributed by atoms with Crippen LogP contribution in [-0.4, -0.2) is 34.7 Å². The first-order valence-electron chi connectivity index (χ1n) is 7.20. The third kappa shape index (κ3) is 6.26. The number of nitroso groups, excluding NO2 is 2. The van der Waals surface area contributed by atoms with Gasteiger partial charge in [-0.15, -0.1) is 9.81 Å². The first-order chi connectivity index (χ1) is 12.0. The molecule has 0 atom stereocenters. The second-order valence-electron chi connectivity index (χ2n) is 5.05. The van der Waals surface area contributed by atoms with Gasteiger partial charge in [0.05, 0.1) is 12.8 Å². The van der Waals surface area contributed by atoms with E-state index < -0.39 is 11.7 Å². The van der Waals surface area contributed by atoms with Crippen LogP contribution in [0.2, 0.25) is 0 Å². The average molecular weight is 377 g/mol. The van der Waals surface area contributed by atoms with Crippen molar-refractivity contribution in [3.63, 3.8) is 0 Å². The Hall–Kier alpha value is -3.70. The number of amides is 1. The van der Waals surface area contributed by atoms with Gasteiger partial charge in [-0.25, -0.2) is 5.43 Å². The van der Waals surface area contributed by atoms with Crippen LogP contribution in [0.15, 0.2) is 51.9 Å². The maximum Gasteiger partial charge on any atom is 0.259 e. The molecule has 0 saturated heterocycles. The second-order valence-corrected chi connectivity index (χ2v) is 5.05. The minimum atomic E-state index is -0.460. The number of hydrogen-bond acceptors (Lipinski definition) is 8. The Morgan fingerprint density at radius 3 is 2.48 bits per heavy atom. The fraction of sp³-hybridized carbons (Fsp3) is 0.125. The van der Waals surface area contributed by atoms with Gasteiger partial charge in [0.2, 0.25) is 0 Å². The molecular formula is C16H19N5O6. The van der Waals surface area contributed by atoms with E-state index in [-0.39, 0.29) is 34.4 Å². The van der Waals surface area contributed by atoms with Crippen LogP contribution in [0.1, 0.15) is 11.1 Å². The number of carbonyl (C=O) groups excluding carboxylic acids is 1.